The van der Waals surface area contributed by atoms with Gasteiger partial charge in [-0.1, -0.05) is 42.5 Å². The van der Waals surface area contributed by atoms with Gasteiger partial charge in [0, 0.05) is 35.5 Å². The summed E-state index contributed by atoms with van der Waals surface area (Å²) in [6.45, 7) is 7.75. The molecule has 7 heteroatoms. The monoisotopic (exact) mass is 572 g/mol. The van der Waals surface area contributed by atoms with Gasteiger partial charge in [-0.25, -0.2) is 0 Å². The largest absolute Gasteiger partial charge is 0.501 e. The number of halogens is 1. The molecule has 3 aromatic carbocycles. The highest BCUT2D eigenvalue weighted by Crippen LogP contribution is 2.33. The van der Waals surface area contributed by atoms with Crippen LogP contribution in [0.25, 0.3) is 16.7 Å². The fraction of sp³-hybridized carbons (Fsp3) is 0.265. The predicted octanol–water partition coefficient (Wildman–Crippen LogP) is 7.86. The van der Waals surface area contributed by atoms with Crippen molar-refractivity contribution in [1.82, 2.24) is 4.90 Å². The number of nitrogens with zero attached hydrogens (tertiary/aromatic N) is 1. The average Bonchev–Trinajstić information content (AvgIpc) is 2.98. The summed E-state index contributed by atoms with van der Waals surface area (Å²) < 4.78 is 17.0. The summed E-state index contributed by atoms with van der Waals surface area (Å²) >= 11 is 6.65. The topological polar surface area (TPSA) is 60.0 Å². The van der Waals surface area contributed by atoms with Crippen molar-refractivity contribution < 1.29 is 19.0 Å². The summed E-state index contributed by atoms with van der Waals surface area (Å²) in [5, 5.41) is 3.61. The lowest BCUT2D eigenvalue weighted by molar-refractivity contribution is 0.102. The fourth-order valence-corrected chi connectivity index (χ4v) is 5.01. The maximum atomic E-state index is 13.2. The van der Waals surface area contributed by atoms with E-state index in [4.69, 9.17) is 25.8 Å². The number of methoxy groups -OCH3 is 2. The van der Waals surface area contributed by atoms with E-state index in [-0.39, 0.29) is 12.0 Å². The Morgan fingerprint density at radius 2 is 1.78 bits per heavy atom. The van der Waals surface area contributed by atoms with Gasteiger partial charge in [0.25, 0.3) is 5.91 Å². The van der Waals surface area contributed by atoms with E-state index in [0.717, 1.165) is 59.7 Å². The van der Waals surface area contributed by atoms with E-state index >= 15 is 0 Å². The van der Waals surface area contributed by atoms with Crippen molar-refractivity contribution in [2.45, 2.75) is 25.9 Å². The van der Waals surface area contributed by atoms with Gasteiger partial charge in [0.05, 0.1) is 25.0 Å². The van der Waals surface area contributed by atoms with E-state index in [1.807, 2.05) is 61.5 Å². The van der Waals surface area contributed by atoms with Crippen molar-refractivity contribution in [2.24, 2.45) is 0 Å². The molecule has 214 valence electrons. The molecule has 41 heavy (non-hydrogen) atoms. The number of hydrogen-bond donors (Lipinski definition) is 1. The summed E-state index contributed by atoms with van der Waals surface area (Å²) in [6, 6.07) is 18.8. The van der Waals surface area contributed by atoms with Crippen molar-refractivity contribution in [3.8, 4) is 22.6 Å². The molecule has 4 rings (SSSR count). The molecule has 0 atom stereocenters. The van der Waals surface area contributed by atoms with Gasteiger partial charge in [-0.15, -0.1) is 0 Å². The van der Waals surface area contributed by atoms with Crippen LogP contribution in [0.5, 0.6) is 11.5 Å². The number of piperidine rings is 1. The van der Waals surface area contributed by atoms with Gasteiger partial charge in [-0.3, -0.25) is 4.79 Å². The predicted molar refractivity (Wildman–Crippen MR) is 168 cm³/mol. The molecule has 1 fully saturated rings. The van der Waals surface area contributed by atoms with Crippen molar-refractivity contribution in [2.75, 3.05) is 39.7 Å². The number of allylic oxidation sites excluding steroid dienone is 5. The Morgan fingerprint density at radius 1 is 1.05 bits per heavy atom. The molecule has 0 aromatic heterocycles. The van der Waals surface area contributed by atoms with Crippen LogP contribution in [0, 0.1) is 0 Å². The standard InChI is InChI=1S/C34H37ClN2O4/c1-6-7-25(20-23(2)39-4)31-21-26(10-15-33(31)40-5)34(38)36-27-11-8-24(9-12-27)30-14-13-29(22-32(30)35)41-28-16-18-37(3)19-17-28/h6-15,20-22,28H,1,16-19H2,2-5H3,(H,36,38)/b23-20+,25-7+. The maximum Gasteiger partial charge on any atom is 0.255 e. The van der Waals surface area contributed by atoms with Crippen LogP contribution in [-0.2, 0) is 4.74 Å². The van der Waals surface area contributed by atoms with Gasteiger partial charge < -0.3 is 24.4 Å². The van der Waals surface area contributed by atoms with E-state index in [2.05, 4.69) is 23.8 Å². The number of nitrogens with one attached hydrogen (secondary N) is 1. The van der Waals surface area contributed by atoms with Gasteiger partial charge in [0.1, 0.15) is 17.6 Å². The number of carbonyl (C=O) groups is 1. The second-order valence-electron chi connectivity index (χ2n) is 10.0. The second kappa shape index (κ2) is 14.1. The lowest BCUT2D eigenvalue weighted by Crippen LogP contribution is -2.35. The van der Waals surface area contributed by atoms with Gasteiger partial charge in [-0.2, -0.15) is 0 Å². The normalized spacial score (nSPS) is 14.9. The van der Waals surface area contributed by atoms with Gasteiger partial charge in [0.2, 0.25) is 0 Å². The molecule has 1 aliphatic rings. The zero-order chi connectivity index (χ0) is 29.4. The van der Waals surface area contributed by atoms with E-state index in [1.54, 1.807) is 38.5 Å². The average molecular weight is 573 g/mol. The molecule has 1 aliphatic heterocycles. The van der Waals surface area contributed by atoms with Crippen LogP contribution < -0.4 is 14.8 Å². The number of anilines is 1. The van der Waals surface area contributed by atoms with E-state index < -0.39 is 0 Å². The maximum absolute atomic E-state index is 13.2. The zero-order valence-electron chi connectivity index (χ0n) is 24.1. The molecule has 1 N–H and O–H groups in total. The Kier molecular flexibility index (Phi) is 10.3. The summed E-state index contributed by atoms with van der Waals surface area (Å²) in [5.41, 5.74) is 4.59. The molecule has 0 radical (unpaired) electrons. The molecule has 3 aromatic rings. The third-order valence-electron chi connectivity index (χ3n) is 7.11. The highest BCUT2D eigenvalue weighted by Gasteiger charge is 2.19. The molecule has 1 amide bonds. The summed E-state index contributed by atoms with van der Waals surface area (Å²) in [6.07, 6.45) is 7.65. The molecular formula is C34H37ClN2O4. The van der Waals surface area contributed by atoms with Crippen LogP contribution in [0.1, 0.15) is 35.7 Å². The molecule has 0 saturated carbocycles. The first-order valence-electron chi connectivity index (χ1n) is 13.6. The molecule has 0 bridgehead atoms. The molecule has 1 heterocycles. The van der Waals surface area contributed by atoms with Crippen molar-refractivity contribution in [1.29, 1.82) is 0 Å². The molecule has 0 unspecified atom stereocenters. The van der Waals surface area contributed by atoms with Crippen molar-refractivity contribution in [3.63, 3.8) is 0 Å². The minimum atomic E-state index is -0.236. The Balaban J connectivity index is 1.47. The van der Waals surface area contributed by atoms with Crippen LogP contribution in [0.2, 0.25) is 5.02 Å². The summed E-state index contributed by atoms with van der Waals surface area (Å²) in [7, 11) is 5.34. The quantitative estimate of drug-likeness (QED) is 0.198. The van der Waals surface area contributed by atoms with Gasteiger partial charge >= 0.3 is 0 Å². The lowest BCUT2D eigenvalue weighted by Gasteiger charge is -2.29. The third kappa shape index (κ3) is 7.81. The zero-order valence-corrected chi connectivity index (χ0v) is 24.8. The number of benzene rings is 3. The Morgan fingerprint density at radius 3 is 2.41 bits per heavy atom. The number of ether oxygens (including phenoxy) is 3. The molecule has 0 spiro atoms. The molecular weight excluding hydrogens is 536 g/mol. The minimum Gasteiger partial charge on any atom is -0.501 e. The number of likely N-dealkylation sites (tertiary alicyclic amines) is 1. The number of hydrogen-bond acceptors (Lipinski definition) is 5. The summed E-state index contributed by atoms with van der Waals surface area (Å²) in [4.78, 5) is 15.5. The SMILES string of the molecule is C=C/C=C(\C=C(/C)OC)c1cc(C(=O)Nc2ccc(-c3ccc(OC4CCN(C)CC4)cc3Cl)cc2)ccc1OC. The van der Waals surface area contributed by atoms with Crippen LogP contribution >= 0.6 is 11.6 Å². The Hall–Kier alpha value is -4.00. The van der Waals surface area contributed by atoms with Crippen LogP contribution in [0.4, 0.5) is 5.69 Å². The highest BCUT2D eigenvalue weighted by molar-refractivity contribution is 6.33. The first-order valence-corrected chi connectivity index (χ1v) is 14.0. The van der Waals surface area contributed by atoms with E-state index in [0.29, 0.717) is 22.0 Å². The smallest absolute Gasteiger partial charge is 0.255 e. The van der Waals surface area contributed by atoms with Crippen LogP contribution in [0.3, 0.4) is 0 Å². The number of amides is 1. The lowest BCUT2D eigenvalue weighted by atomic mass is 10.00. The third-order valence-corrected chi connectivity index (χ3v) is 7.43. The van der Waals surface area contributed by atoms with Crippen LogP contribution in [-0.4, -0.2) is 51.3 Å². The first kappa shape index (κ1) is 30.0. The molecule has 6 nitrogen and oxygen atoms in total. The first-order chi connectivity index (χ1) is 19.8. The Labute approximate surface area is 247 Å². The molecule has 1 saturated heterocycles. The molecule has 0 aliphatic carbocycles. The second-order valence-corrected chi connectivity index (χ2v) is 10.4. The highest BCUT2D eigenvalue weighted by atomic mass is 35.5. The van der Waals surface area contributed by atoms with Gasteiger partial charge in [0.15, 0.2) is 0 Å². The van der Waals surface area contributed by atoms with E-state index in [1.165, 1.54) is 0 Å². The number of carbonyl (C=O) groups excluding carboxylic acids is 1. The number of rotatable bonds is 10. The van der Waals surface area contributed by atoms with Gasteiger partial charge in [-0.05, 0) is 92.6 Å². The minimum absolute atomic E-state index is 0.216. The Bertz CT molecular complexity index is 1440. The van der Waals surface area contributed by atoms with Crippen molar-refractivity contribution in [3.05, 3.63) is 107 Å². The van der Waals surface area contributed by atoms with E-state index in [9.17, 15) is 4.79 Å². The fourth-order valence-electron chi connectivity index (χ4n) is 4.73. The van der Waals surface area contributed by atoms with Crippen molar-refractivity contribution >= 4 is 28.8 Å². The van der Waals surface area contributed by atoms with Crippen LogP contribution in [0.15, 0.2) is 91.2 Å². The summed E-state index contributed by atoms with van der Waals surface area (Å²) in [5.74, 6) is 1.91.